The number of hydrogen-bond donors (Lipinski definition) is 2. The van der Waals surface area contributed by atoms with Gasteiger partial charge < -0.3 is 14.8 Å². The van der Waals surface area contributed by atoms with Crippen molar-refractivity contribution in [2.24, 2.45) is 5.92 Å². The van der Waals surface area contributed by atoms with Crippen LogP contribution in [0.2, 0.25) is 0 Å². The predicted molar refractivity (Wildman–Crippen MR) is 93.3 cm³/mol. The van der Waals surface area contributed by atoms with E-state index in [0.717, 1.165) is 12.0 Å². The second-order valence-corrected chi connectivity index (χ2v) is 6.07. The minimum absolute atomic E-state index is 0.0926. The molecule has 1 atom stereocenters. The molecular formula is C19H23NO4. The first kappa shape index (κ1) is 17.9. The van der Waals surface area contributed by atoms with Gasteiger partial charge in [0.25, 0.3) is 0 Å². The number of carboxylic acid groups (broad SMARTS) is 1. The van der Waals surface area contributed by atoms with Gasteiger partial charge in [0.2, 0.25) is 5.43 Å². The molecule has 1 aromatic carbocycles. The highest BCUT2D eigenvalue weighted by Gasteiger charge is 2.16. The van der Waals surface area contributed by atoms with Crippen LogP contribution in [0, 0.1) is 12.8 Å². The van der Waals surface area contributed by atoms with Gasteiger partial charge in [0.1, 0.15) is 5.56 Å². The zero-order valence-corrected chi connectivity index (χ0v) is 14.0. The third-order valence-corrected chi connectivity index (χ3v) is 4.26. The van der Waals surface area contributed by atoms with Crippen LogP contribution >= 0.6 is 0 Å². The molecule has 0 saturated heterocycles. The quantitative estimate of drug-likeness (QED) is 0.818. The maximum atomic E-state index is 12.5. The molecule has 0 bridgehead atoms. The first-order chi connectivity index (χ1) is 11.5. The average Bonchev–Trinajstić information content (AvgIpc) is 2.56. The van der Waals surface area contributed by atoms with Crippen LogP contribution < -0.4 is 5.43 Å². The summed E-state index contributed by atoms with van der Waals surface area (Å²) in [6, 6.07) is 7.44. The fourth-order valence-electron chi connectivity index (χ4n) is 2.73. The van der Waals surface area contributed by atoms with E-state index in [-0.39, 0.29) is 18.1 Å². The molecule has 0 aliphatic heterocycles. The van der Waals surface area contributed by atoms with Gasteiger partial charge in [-0.3, -0.25) is 4.79 Å². The number of hydrogen-bond acceptors (Lipinski definition) is 3. The van der Waals surface area contributed by atoms with Crippen molar-refractivity contribution >= 4 is 5.97 Å². The van der Waals surface area contributed by atoms with Crippen molar-refractivity contribution in [1.29, 1.82) is 0 Å². The van der Waals surface area contributed by atoms with Gasteiger partial charge in [-0.15, -0.1) is 0 Å². The maximum Gasteiger partial charge on any atom is 0.341 e. The maximum absolute atomic E-state index is 12.5. The van der Waals surface area contributed by atoms with E-state index < -0.39 is 11.4 Å². The highest BCUT2D eigenvalue weighted by atomic mass is 16.4. The van der Waals surface area contributed by atoms with E-state index in [1.54, 1.807) is 10.8 Å². The molecule has 1 aromatic heterocycles. The Morgan fingerprint density at radius 3 is 2.42 bits per heavy atom. The molecule has 128 valence electrons. The van der Waals surface area contributed by atoms with Crippen LogP contribution in [-0.2, 0) is 6.54 Å². The van der Waals surface area contributed by atoms with Crippen molar-refractivity contribution in [1.82, 2.24) is 4.57 Å². The highest BCUT2D eigenvalue weighted by molar-refractivity contribution is 5.88. The molecular weight excluding hydrogens is 306 g/mol. The number of aliphatic hydroxyl groups excluding tert-OH is 1. The Kier molecular flexibility index (Phi) is 5.93. The van der Waals surface area contributed by atoms with Crippen LogP contribution in [-0.4, -0.2) is 27.4 Å². The molecule has 0 aliphatic rings. The Morgan fingerprint density at radius 2 is 1.88 bits per heavy atom. The van der Waals surface area contributed by atoms with E-state index in [2.05, 4.69) is 0 Å². The summed E-state index contributed by atoms with van der Waals surface area (Å²) in [7, 11) is 0. The van der Waals surface area contributed by atoms with Crippen LogP contribution in [0.3, 0.4) is 0 Å². The first-order valence-corrected chi connectivity index (χ1v) is 8.11. The number of rotatable bonds is 7. The zero-order chi connectivity index (χ0) is 17.7. The molecule has 5 nitrogen and oxygen atoms in total. The first-order valence-electron chi connectivity index (χ1n) is 8.11. The summed E-state index contributed by atoms with van der Waals surface area (Å²) >= 11 is 0. The molecule has 0 radical (unpaired) electrons. The lowest BCUT2D eigenvalue weighted by Gasteiger charge is -2.17. The van der Waals surface area contributed by atoms with E-state index in [1.165, 1.54) is 6.20 Å². The summed E-state index contributed by atoms with van der Waals surface area (Å²) in [5.74, 6) is -0.997. The lowest BCUT2D eigenvalue weighted by molar-refractivity contribution is 0.0694. The van der Waals surface area contributed by atoms with Crippen molar-refractivity contribution in [2.75, 3.05) is 6.61 Å². The standard InChI is InChI=1S/C19H23NO4/c1-3-14(8-9-21)10-20-11-16(15-6-4-13(2)5-7-15)18(22)17(12-20)19(23)24/h4-7,11-12,14,21H,3,8-10H2,1-2H3,(H,23,24). The number of aromatic carboxylic acids is 1. The van der Waals surface area contributed by atoms with Crippen molar-refractivity contribution in [2.45, 2.75) is 33.2 Å². The molecule has 1 unspecified atom stereocenters. The highest BCUT2D eigenvalue weighted by Crippen LogP contribution is 2.19. The minimum atomic E-state index is -1.22. The molecule has 0 fully saturated rings. The van der Waals surface area contributed by atoms with E-state index in [0.29, 0.717) is 24.1 Å². The fraction of sp³-hybridized carbons (Fsp3) is 0.368. The van der Waals surface area contributed by atoms with Crippen molar-refractivity contribution in [3.63, 3.8) is 0 Å². The van der Waals surface area contributed by atoms with E-state index in [4.69, 9.17) is 5.11 Å². The Morgan fingerprint density at radius 1 is 1.21 bits per heavy atom. The average molecular weight is 329 g/mol. The van der Waals surface area contributed by atoms with Gasteiger partial charge in [-0.2, -0.15) is 0 Å². The molecule has 2 rings (SSSR count). The number of carboxylic acids is 1. The number of aliphatic hydroxyl groups is 1. The monoisotopic (exact) mass is 329 g/mol. The Balaban J connectivity index is 2.51. The molecule has 5 heteroatoms. The summed E-state index contributed by atoms with van der Waals surface area (Å²) in [4.78, 5) is 23.9. The molecule has 0 spiro atoms. The largest absolute Gasteiger partial charge is 0.477 e. The van der Waals surface area contributed by atoms with Gasteiger partial charge in [0.05, 0.1) is 0 Å². The van der Waals surface area contributed by atoms with Crippen molar-refractivity contribution in [3.05, 3.63) is 58.0 Å². The number of aryl methyl sites for hydroxylation is 1. The summed E-state index contributed by atoms with van der Waals surface area (Å²) < 4.78 is 1.75. The second kappa shape index (κ2) is 7.93. The third kappa shape index (κ3) is 4.11. The van der Waals surface area contributed by atoms with Crippen LogP contribution in [0.25, 0.3) is 11.1 Å². The Labute approximate surface area is 141 Å². The Hall–Kier alpha value is -2.40. The summed E-state index contributed by atoms with van der Waals surface area (Å²) in [5, 5.41) is 18.5. The fourth-order valence-corrected chi connectivity index (χ4v) is 2.73. The molecule has 2 aromatic rings. The smallest absolute Gasteiger partial charge is 0.341 e. The summed E-state index contributed by atoms with van der Waals surface area (Å²) in [6.07, 6.45) is 4.61. The lowest BCUT2D eigenvalue weighted by Crippen LogP contribution is -2.21. The third-order valence-electron chi connectivity index (χ3n) is 4.26. The van der Waals surface area contributed by atoms with Gasteiger partial charge in [-0.1, -0.05) is 43.2 Å². The van der Waals surface area contributed by atoms with Gasteiger partial charge in [-0.05, 0) is 24.8 Å². The van der Waals surface area contributed by atoms with Crippen LogP contribution in [0.4, 0.5) is 0 Å². The van der Waals surface area contributed by atoms with E-state index in [9.17, 15) is 14.7 Å². The summed E-state index contributed by atoms with van der Waals surface area (Å²) in [5.41, 5.74) is 1.46. The number of nitrogens with zero attached hydrogens (tertiary/aromatic N) is 1. The lowest BCUT2D eigenvalue weighted by atomic mass is 10.0. The minimum Gasteiger partial charge on any atom is -0.477 e. The molecule has 24 heavy (non-hydrogen) atoms. The predicted octanol–water partition coefficient (Wildman–Crippen LogP) is 2.93. The number of aromatic nitrogens is 1. The van der Waals surface area contributed by atoms with Gasteiger partial charge in [-0.25, -0.2) is 4.79 Å². The van der Waals surface area contributed by atoms with E-state index in [1.807, 2.05) is 38.1 Å². The van der Waals surface area contributed by atoms with Gasteiger partial charge in [0.15, 0.2) is 0 Å². The molecule has 2 N–H and O–H groups in total. The van der Waals surface area contributed by atoms with E-state index >= 15 is 0 Å². The molecule has 0 saturated carbocycles. The van der Waals surface area contributed by atoms with Crippen molar-refractivity contribution < 1.29 is 15.0 Å². The van der Waals surface area contributed by atoms with Gasteiger partial charge >= 0.3 is 5.97 Å². The normalized spacial score (nSPS) is 12.1. The Bertz CT molecular complexity index is 762. The second-order valence-electron chi connectivity index (χ2n) is 6.07. The van der Waals surface area contributed by atoms with Gasteiger partial charge in [0, 0.05) is 31.1 Å². The van der Waals surface area contributed by atoms with Crippen LogP contribution in [0.1, 0.15) is 35.7 Å². The molecule has 0 aliphatic carbocycles. The molecule has 0 amide bonds. The topological polar surface area (TPSA) is 79.5 Å². The zero-order valence-electron chi connectivity index (χ0n) is 14.0. The van der Waals surface area contributed by atoms with Crippen molar-refractivity contribution in [3.8, 4) is 11.1 Å². The number of carbonyl (C=O) groups is 1. The SMILES string of the molecule is CCC(CCO)Cn1cc(C(=O)O)c(=O)c(-c2ccc(C)cc2)c1. The summed E-state index contributed by atoms with van der Waals surface area (Å²) in [6.45, 7) is 4.64. The van der Waals surface area contributed by atoms with Crippen LogP contribution in [0.15, 0.2) is 41.5 Å². The van der Waals surface area contributed by atoms with Crippen LogP contribution in [0.5, 0.6) is 0 Å². The number of pyridine rings is 1. The molecule has 1 heterocycles. The number of benzene rings is 1.